The minimum absolute atomic E-state index is 0.250. The number of hydrogen-bond donors (Lipinski definition) is 2. The monoisotopic (exact) mass is 178 g/mol. The molecule has 0 saturated carbocycles. The molecule has 3 heteroatoms. The second-order valence-electron chi connectivity index (χ2n) is 3.48. The summed E-state index contributed by atoms with van der Waals surface area (Å²) in [5, 5.41) is 9.57. The van der Waals surface area contributed by atoms with Gasteiger partial charge >= 0.3 is 0 Å². The molecule has 0 amide bonds. The number of phenolic OH excluding ortho intramolecular Hbond substituents is 1. The molecule has 3 N–H and O–H groups in total. The van der Waals surface area contributed by atoms with Crippen molar-refractivity contribution in [1.82, 2.24) is 0 Å². The van der Waals surface area contributed by atoms with Crippen molar-refractivity contribution >= 4 is 5.69 Å². The van der Waals surface area contributed by atoms with Crippen LogP contribution in [0.4, 0.5) is 5.69 Å². The van der Waals surface area contributed by atoms with E-state index in [-0.39, 0.29) is 6.04 Å². The van der Waals surface area contributed by atoms with Gasteiger partial charge in [-0.2, -0.15) is 0 Å². The molecule has 1 atom stereocenters. The molecule has 0 bridgehead atoms. The van der Waals surface area contributed by atoms with Crippen LogP contribution >= 0.6 is 0 Å². The molecule has 70 valence electrons. The number of anilines is 1. The van der Waals surface area contributed by atoms with Gasteiger partial charge < -0.3 is 15.7 Å². The number of nitrogens with zero attached hydrogens (tertiary/aromatic N) is 1. The fourth-order valence-corrected chi connectivity index (χ4v) is 1.74. The molecule has 1 aliphatic heterocycles. The van der Waals surface area contributed by atoms with Crippen LogP contribution in [-0.4, -0.2) is 24.2 Å². The fraction of sp³-hybridized carbons (Fsp3) is 0.400. The highest BCUT2D eigenvalue weighted by molar-refractivity contribution is 5.58. The fourth-order valence-electron chi connectivity index (χ4n) is 1.74. The third kappa shape index (κ3) is 1.60. The van der Waals surface area contributed by atoms with Crippen LogP contribution in [0.1, 0.15) is 6.42 Å². The summed E-state index contributed by atoms with van der Waals surface area (Å²) in [5.74, 6) is 0.344. The van der Waals surface area contributed by atoms with Gasteiger partial charge in [-0.1, -0.05) is 12.1 Å². The molecule has 1 saturated heterocycles. The molecular formula is C10H14N2O. The average Bonchev–Trinajstić information content (AvgIpc) is 2.53. The van der Waals surface area contributed by atoms with Gasteiger partial charge in [0.2, 0.25) is 0 Å². The number of nitrogens with two attached hydrogens (primary N) is 1. The van der Waals surface area contributed by atoms with Crippen molar-refractivity contribution in [2.75, 3.05) is 18.0 Å². The molecule has 0 radical (unpaired) electrons. The summed E-state index contributed by atoms with van der Waals surface area (Å²) in [6, 6.07) is 7.64. The number of hydrogen-bond acceptors (Lipinski definition) is 3. The van der Waals surface area contributed by atoms with E-state index >= 15 is 0 Å². The Bertz CT molecular complexity index is 301. The Morgan fingerprint density at radius 3 is 2.77 bits per heavy atom. The first-order valence-electron chi connectivity index (χ1n) is 4.56. The topological polar surface area (TPSA) is 49.5 Å². The lowest BCUT2D eigenvalue weighted by atomic mass is 10.2. The van der Waals surface area contributed by atoms with Crippen LogP contribution in [0, 0.1) is 0 Å². The number of aromatic hydroxyl groups is 1. The summed E-state index contributed by atoms with van der Waals surface area (Å²) in [5.41, 5.74) is 6.69. The summed E-state index contributed by atoms with van der Waals surface area (Å²) in [6.07, 6.45) is 1.01. The van der Waals surface area contributed by atoms with Crippen molar-refractivity contribution in [2.45, 2.75) is 12.5 Å². The number of para-hydroxylation sites is 2. The van der Waals surface area contributed by atoms with E-state index in [1.165, 1.54) is 0 Å². The van der Waals surface area contributed by atoms with E-state index in [0.717, 1.165) is 25.2 Å². The first kappa shape index (κ1) is 8.38. The molecule has 1 unspecified atom stereocenters. The lowest BCUT2D eigenvalue weighted by Crippen LogP contribution is -2.26. The van der Waals surface area contributed by atoms with Crippen LogP contribution in [0.5, 0.6) is 5.75 Å². The van der Waals surface area contributed by atoms with Gasteiger partial charge in [0.05, 0.1) is 5.69 Å². The predicted molar refractivity (Wildman–Crippen MR) is 52.9 cm³/mol. The van der Waals surface area contributed by atoms with Crippen LogP contribution in [0.25, 0.3) is 0 Å². The van der Waals surface area contributed by atoms with Gasteiger partial charge in [0.15, 0.2) is 0 Å². The van der Waals surface area contributed by atoms with Crippen molar-refractivity contribution in [3.05, 3.63) is 24.3 Å². The van der Waals surface area contributed by atoms with Gasteiger partial charge in [-0.3, -0.25) is 0 Å². The number of phenols is 1. The van der Waals surface area contributed by atoms with Gasteiger partial charge in [0.1, 0.15) is 5.75 Å². The summed E-state index contributed by atoms with van der Waals surface area (Å²) < 4.78 is 0. The summed E-state index contributed by atoms with van der Waals surface area (Å²) in [6.45, 7) is 1.79. The molecule has 1 fully saturated rings. The molecule has 3 nitrogen and oxygen atoms in total. The van der Waals surface area contributed by atoms with Crippen molar-refractivity contribution in [3.8, 4) is 5.75 Å². The zero-order chi connectivity index (χ0) is 9.26. The maximum atomic E-state index is 9.57. The molecule has 13 heavy (non-hydrogen) atoms. The van der Waals surface area contributed by atoms with E-state index in [2.05, 4.69) is 4.90 Å². The van der Waals surface area contributed by atoms with Crippen molar-refractivity contribution in [1.29, 1.82) is 0 Å². The van der Waals surface area contributed by atoms with E-state index in [1.807, 2.05) is 18.2 Å². The zero-order valence-electron chi connectivity index (χ0n) is 7.48. The molecule has 0 aliphatic carbocycles. The predicted octanol–water partition coefficient (Wildman–Crippen LogP) is 0.930. The highest BCUT2D eigenvalue weighted by Crippen LogP contribution is 2.28. The highest BCUT2D eigenvalue weighted by atomic mass is 16.3. The largest absolute Gasteiger partial charge is 0.506 e. The first-order chi connectivity index (χ1) is 6.27. The average molecular weight is 178 g/mol. The summed E-state index contributed by atoms with van der Waals surface area (Å²) in [4.78, 5) is 2.12. The summed E-state index contributed by atoms with van der Waals surface area (Å²) >= 11 is 0. The summed E-state index contributed by atoms with van der Waals surface area (Å²) in [7, 11) is 0. The maximum absolute atomic E-state index is 9.57. The van der Waals surface area contributed by atoms with Crippen molar-refractivity contribution in [3.63, 3.8) is 0 Å². The van der Waals surface area contributed by atoms with Crippen LogP contribution in [0.2, 0.25) is 0 Å². The first-order valence-corrected chi connectivity index (χ1v) is 4.56. The van der Waals surface area contributed by atoms with Gasteiger partial charge in [-0.15, -0.1) is 0 Å². The number of rotatable bonds is 1. The highest BCUT2D eigenvalue weighted by Gasteiger charge is 2.20. The van der Waals surface area contributed by atoms with E-state index in [9.17, 15) is 5.11 Å². The Hall–Kier alpha value is -1.22. The van der Waals surface area contributed by atoms with E-state index < -0.39 is 0 Å². The van der Waals surface area contributed by atoms with Crippen LogP contribution in [0.15, 0.2) is 24.3 Å². The van der Waals surface area contributed by atoms with Crippen molar-refractivity contribution < 1.29 is 5.11 Å². The smallest absolute Gasteiger partial charge is 0.138 e. The Morgan fingerprint density at radius 1 is 1.38 bits per heavy atom. The Balaban J connectivity index is 2.21. The molecule has 1 aromatic rings. The quantitative estimate of drug-likeness (QED) is 0.672. The van der Waals surface area contributed by atoms with E-state index in [0.29, 0.717) is 5.75 Å². The molecule has 0 spiro atoms. The third-order valence-electron chi connectivity index (χ3n) is 2.45. The van der Waals surface area contributed by atoms with Crippen LogP contribution < -0.4 is 10.6 Å². The molecular weight excluding hydrogens is 164 g/mol. The lowest BCUT2D eigenvalue weighted by Gasteiger charge is -2.18. The third-order valence-corrected chi connectivity index (χ3v) is 2.45. The minimum atomic E-state index is 0.250. The maximum Gasteiger partial charge on any atom is 0.138 e. The zero-order valence-corrected chi connectivity index (χ0v) is 7.48. The Kier molecular flexibility index (Phi) is 2.10. The van der Waals surface area contributed by atoms with Gasteiger partial charge in [-0.05, 0) is 18.6 Å². The normalized spacial score (nSPS) is 22.2. The number of benzene rings is 1. The van der Waals surface area contributed by atoms with Gasteiger partial charge in [0.25, 0.3) is 0 Å². The Labute approximate surface area is 77.8 Å². The van der Waals surface area contributed by atoms with Crippen molar-refractivity contribution in [2.24, 2.45) is 5.73 Å². The second kappa shape index (κ2) is 3.26. The van der Waals surface area contributed by atoms with Crippen LogP contribution in [-0.2, 0) is 0 Å². The molecule has 1 aromatic carbocycles. The van der Waals surface area contributed by atoms with E-state index in [4.69, 9.17) is 5.73 Å². The SMILES string of the molecule is NC1CCN(c2ccccc2O)C1. The van der Waals surface area contributed by atoms with Gasteiger partial charge in [-0.25, -0.2) is 0 Å². The lowest BCUT2D eigenvalue weighted by molar-refractivity contribution is 0.475. The second-order valence-corrected chi connectivity index (χ2v) is 3.48. The van der Waals surface area contributed by atoms with Crippen LogP contribution in [0.3, 0.4) is 0 Å². The minimum Gasteiger partial charge on any atom is -0.506 e. The Morgan fingerprint density at radius 2 is 2.15 bits per heavy atom. The molecule has 2 rings (SSSR count). The standard InChI is InChI=1S/C10H14N2O/c11-8-5-6-12(7-8)9-3-1-2-4-10(9)13/h1-4,8,13H,5-7,11H2. The van der Waals surface area contributed by atoms with Gasteiger partial charge in [0, 0.05) is 19.1 Å². The molecule has 1 heterocycles. The molecule has 1 aliphatic rings. The molecule has 0 aromatic heterocycles. The van der Waals surface area contributed by atoms with E-state index in [1.54, 1.807) is 6.07 Å².